The molecule has 0 bridgehead atoms. The van der Waals surface area contributed by atoms with Crippen molar-refractivity contribution in [2.24, 2.45) is 0 Å². The number of nitrogen functional groups attached to an aromatic ring is 1. The molecular formula is C13H18N4O3. The number of hydrogen-bond acceptors (Lipinski definition) is 5. The molecule has 1 fully saturated rings. The van der Waals surface area contributed by atoms with Crippen molar-refractivity contribution < 1.29 is 9.72 Å². The summed E-state index contributed by atoms with van der Waals surface area (Å²) in [4.78, 5) is 25.8. The summed E-state index contributed by atoms with van der Waals surface area (Å²) in [5.41, 5.74) is 6.35. The number of carbonyl (C=O) groups excluding carboxylic acids is 1. The van der Waals surface area contributed by atoms with Crippen LogP contribution < -0.4 is 10.6 Å². The number of nitro groups is 1. The minimum atomic E-state index is -0.446. The maximum atomic E-state index is 11.4. The Labute approximate surface area is 117 Å². The van der Waals surface area contributed by atoms with E-state index in [0.717, 1.165) is 6.42 Å². The van der Waals surface area contributed by atoms with Gasteiger partial charge in [-0.2, -0.15) is 0 Å². The van der Waals surface area contributed by atoms with Gasteiger partial charge in [0.25, 0.3) is 0 Å². The molecule has 20 heavy (non-hydrogen) atoms. The van der Waals surface area contributed by atoms with Gasteiger partial charge in [-0.15, -0.1) is 0 Å². The largest absolute Gasteiger partial charge is 0.393 e. The molecule has 0 unspecified atom stereocenters. The Hall–Kier alpha value is -2.31. The number of nitrogens with two attached hydrogens (primary N) is 1. The minimum Gasteiger partial charge on any atom is -0.393 e. The van der Waals surface area contributed by atoms with E-state index in [0.29, 0.717) is 31.9 Å². The van der Waals surface area contributed by atoms with Crippen LogP contribution in [-0.2, 0) is 4.79 Å². The Balaban J connectivity index is 2.26. The second-order valence-corrected chi connectivity index (χ2v) is 4.82. The highest BCUT2D eigenvalue weighted by molar-refractivity contribution is 5.76. The van der Waals surface area contributed by atoms with Crippen LogP contribution in [-0.4, -0.2) is 41.9 Å². The monoisotopic (exact) mass is 278 g/mol. The summed E-state index contributed by atoms with van der Waals surface area (Å²) in [5.74, 6) is 0.0360. The SMILES string of the molecule is CC(=O)N1CCCN(c2cccc(N)c2[N+](=O)[O-])CC1. The van der Waals surface area contributed by atoms with Crippen molar-refractivity contribution >= 4 is 23.0 Å². The number of carbonyl (C=O) groups is 1. The van der Waals surface area contributed by atoms with Crippen molar-refractivity contribution in [2.75, 3.05) is 36.8 Å². The van der Waals surface area contributed by atoms with Gasteiger partial charge in [-0.05, 0) is 18.6 Å². The molecule has 2 N–H and O–H groups in total. The van der Waals surface area contributed by atoms with Crippen molar-refractivity contribution in [1.82, 2.24) is 4.90 Å². The van der Waals surface area contributed by atoms with Crippen LogP contribution in [0.3, 0.4) is 0 Å². The number of para-hydroxylation sites is 1. The second kappa shape index (κ2) is 5.77. The number of rotatable bonds is 2. The first-order valence-corrected chi connectivity index (χ1v) is 6.54. The molecule has 0 spiro atoms. The van der Waals surface area contributed by atoms with Gasteiger partial charge in [0.2, 0.25) is 5.91 Å². The van der Waals surface area contributed by atoms with E-state index >= 15 is 0 Å². The quantitative estimate of drug-likeness (QED) is 0.499. The van der Waals surface area contributed by atoms with E-state index < -0.39 is 4.92 Å². The highest BCUT2D eigenvalue weighted by atomic mass is 16.6. The molecule has 1 saturated heterocycles. The molecule has 1 heterocycles. The summed E-state index contributed by atoms with van der Waals surface area (Å²) >= 11 is 0. The summed E-state index contributed by atoms with van der Waals surface area (Å²) in [7, 11) is 0. The van der Waals surface area contributed by atoms with Gasteiger partial charge in [-0.25, -0.2) is 0 Å². The number of hydrogen-bond donors (Lipinski definition) is 1. The fourth-order valence-electron chi connectivity index (χ4n) is 2.48. The van der Waals surface area contributed by atoms with Gasteiger partial charge < -0.3 is 15.5 Å². The first-order chi connectivity index (χ1) is 9.50. The van der Waals surface area contributed by atoms with Gasteiger partial charge in [0.05, 0.1) is 4.92 Å². The van der Waals surface area contributed by atoms with E-state index in [9.17, 15) is 14.9 Å². The fourth-order valence-corrected chi connectivity index (χ4v) is 2.48. The molecule has 0 radical (unpaired) electrons. The normalized spacial score (nSPS) is 15.8. The second-order valence-electron chi connectivity index (χ2n) is 4.82. The first-order valence-electron chi connectivity index (χ1n) is 6.54. The lowest BCUT2D eigenvalue weighted by molar-refractivity contribution is -0.383. The van der Waals surface area contributed by atoms with Gasteiger partial charge in [-0.3, -0.25) is 14.9 Å². The molecule has 0 aliphatic carbocycles. The molecule has 1 amide bonds. The topological polar surface area (TPSA) is 92.7 Å². The van der Waals surface area contributed by atoms with Crippen molar-refractivity contribution in [1.29, 1.82) is 0 Å². The third-order valence-electron chi connectivity index (χ3n) is 3.51. The van der Waals surface area contributed by atoms with Crippen molar-refractivity contribution in [3.05, 3.63) is 28.3 Å². The molecule has 108 valence electrons. The van der Waals surface area contributed by atoms with E-state index in [4.69, 9.17) is 5.73 Å². The van der Waals surface area contributed by atoms with Gasteiger partial charge >= 0.3 is 5.69 Å². The maximum absolute atomic E-state index is 11.4. The molecule has 1 aliphatic heterocycles. The van der Waals surface area contributed by atoms with Crippen LogP contribution in [0.2, 0.25) is 0 Å². The molecule has 7 nitrogen and oxygen atoms in total. The Morgan fingerprint density at radius 2 is 2.05 bits per heavy atom. The summed E-state index contributed by atoms with van der Waals surface area (Å²) in [6, 6.07) is 4.95. The molecule has 0 atom stereocenters. The van der Waals surface area contributed by atoms with Crippen molar-refractivity contribution in [2.45, 2.75) is 13.3 Å². The predicted molar refractivity (Wildman–Crippen MR) is 76.6 cm³/mol. The van der Waals surface area contributed by atoms with E-state index in [-0.39, 0.29) is 17.3 Å². The van der Waals surface area contributed by atoms with E-state index in [1.165, 1.54) is 6.07 Å². The van der Waals surface area contributed by atoms with Gasteiger partial charge in [0, 0.05) is 33.1 Å². The number of amides is 1. The molecule has 0 aromatic heterocycles. The fraction of sp³-hybridized carbons (Fsp3) is 0.462. The number of benzene rings is 1. The van der Waals surface area contributed by atoms with Gasteiger partial charge in [0.1, 0.15) is 11.4 Å². The Kier molecular flexibility index (Phi) is 4.07. The molecule has 0 saturated carbocycles. The predicted octanol–water partition coefficient (Wildman–Crippen LogP) is 1.24. The molecule has 1 aromatic rings. The lowest BCUT2D eigenvalue weighted by Gasteiger charge is -2.23. The highest BCUT2D eigenvalue weighted by Crippen LogP contribution is 2.33. The van der Waals surface area contributed by atoms with Gasteiger partial charge in [-0.1, -0.05) is 6.07 Å². The van der Waals surface area contributed by atoms with Crippen LogP contribution in [0, 0.1) is 10.1 Å². The van der Waals surface area contributed by atoms with Crippen LogP contribution in [0.15, 0.2) is 18.2 Å². The summed E-state index contributed by atoms with van der Waals surface area (Å²) in [6.07, 6.45) is 0.783. The third kappa shape index (κ3) is 2.81. The zero-order valence-electron chi connectivity index (χ0n) is 11.4. The maximum Gasteiger partial charge on any atom is 0.315 e. The lowest BCUT2D eigenvalue weighted by atomic mass is 10.2. The van der Waals surface area contributed by atoms with Crippen molar-refractivity contribution in [3.8, 4) is 0 Å². The van der Waals surface area contributed by atoms with E-state index in [2.05, 4.69) is 0 Å². The molecule has 1 aromatic carbocycles. The van der Waals surface area contributed by atoms with Crippen LogP contribution in [0.25, 0.3) is 0 Å². The van der Waals surface area contributed by atoms with E-state index in [1.54, 1.807) is 24.0 Å². The summed E-state index contributed by atoms with van der Waals surface area (Å²) < 4.78 is 0. The molecular weight excluding hydrogens is 260 g/mol. The average molecular weight is 278 g/mol. The lowest BCUT2D eigenvalue weighted by Crippen LogP contribution is -2.33. The average Bonchev–Trinajstić information content (AvgIpc) is 2.63. The van der Waals surface area contributed by atoms with E-state index in [1.807, 2.05) is 4.90 Å². The summed E-state index contributed by atoms with van der Waals surface area (Å²) in [5, 5.41) is 11.2. The first kappa shape index (κ1) is 14.1. The number of nitro benzene ring substituents is 1. The third-order valence-corrected chi connectivity index (χ3v) is 3.51. The Morgan fingerprint density at radius 1 is 1.30 bits per heavy atom. The zero-order valence-corrected chi connectivity index (χ0v) is 11.4. The van der Waals surface area contributed by atoms with Crippen LogP contribution >= 0.6 is 0 Å². The number of nitrogens with zero attached hydrogens (tertiary/aromatic N) is 3. The Morgan fingerprint density at radius 3 is 2.70 bits per heavy atom. The minimum absolute atomic E-state index is 0.0360. The molecule has 1 aliphatic rings. The zero-order chi connectivity index (χ0) is 14.7. The Bertz CT molecular complexity index is 532. The van der Waals surface area contributed by atoms with Gasteiger partial charge in [0.15, 0.2) is 0 Å². The highest BCUT2D eigenvalue weighted by Gasteiger charge is 2.24. The standard InChI is InChI=1S/C13H18N4O3/c1-10(18)15-6-3-7-16(9-8-15)12-5-2-4-11(14)13(12)17(19)20/h2,4-5H,3,6-9,14H2,1H3. The summed E-state index contributed by atoms with van der Waals surface area (Å²) in [6.45, 7) is 4.04. The molecule has 7 heteroatoms. The van der Waals surface area contributed by atoms with Crippen molar-refractivity contribution in [3.63, 3.8) is 0 Å². The van der Waals surface area contributed by atoms with Crippen LogP contribution in [0.4, 0.5) is 17.1 Å². The molecule has 2 rings (SSSR count). The smallest absolute Gasteiger partial charge is 0.315 e. The van der Waals surface area contributed by atoms with Crippen LogP contribution in [0.1, 0.15) is 13.3 Å². The van der Waals surface area contributed by atoms with Crippen LogP contribution in [0.5, 0.6) is 0 Å². The number of anilines is 2.